The van der Waals surface area contributed by atoms with Gasteiger partial charge in [0.2, 0.25) is 0 Å². The van der Waals surface area contributed by atoms with E-state index in [-0.39, 0.29) is 29.4 Å². The second-order valence-corrected chi connectivity index (χ2v) is 9.54. The number of aliphatic imine (C=N–C) groups is 1. The van der Waals surface area contributed by atoms with Crippen LogP contribution in [0, 0.1) is 11.3 Å². The highest BCUT2D eigenvalue weighted by Crippen LogP contribution is 2.60. The Kier molecular flexibility index (Phi) is 6.24. The molecule has 3 aliphatic rings. The predicted octanol–water partition coefficient (Wildman–Crippen LogP) is 4.16. The van der Waals surface area contributed by atoms with Crippen LogP contribution < -0.4 is 10.6 Å². The lowest BCUT2D eigenvalue weighted by molar-refractivity contribution is -0.125. The van der Waals surface area contributed by atoms with E-state index in [4.69, 9.17) is 4.74 Å². The summed E-state index contributed by atoms with van der Waals surface area (Å²) >= 11 is 1.83. The maximum Gasteiger partial charge on any atom is 0.191 e. The molecule has 0 amide bonds. The van der Waals surface area contributed by atoms with Crippen LogP contribution in [0.5, 0.6) is 0 Å². The number of thiophene rings is 1. The second kappa shape index (κ2) is 7.95. The monoisotopic (exact) mass is 489 g/mol. The number of halogens is 1. The van der Waals surface area contributed by atoms with Crippen LogP contribution in [-0.4, -0.2) is 38.3 Å². The van der Waals surface area contributed by atoms with Crippen LogP contribution in [0.4, 0.5) is 0 Å². The molecule has 4 rings (SSSR count). The number of ether oxygens (including phenoxy) is 1. The van der Waals surface area contributed by atoms with Crippen molar-refractivity contribution in [3.8, 4) is 0 Å². The molecule has 1 saturated heterocycles. The van der Waals surface area contributed by atoms with Crippen molar-refractivity contribution in [3.05, 3.63) is 22.4 Å². The fraction of sp³-hybridized carbons (Fsp3) is 0.750. The lowest BCUT2D eigenvalue weighted by Gasteiger charge is -2.57. The van der Waals surface area contributed by atoms with E-state index < -0.39 is 0 Å². The Morgan fingerprint density at radius 3 is 2.81 bits per heavy atom. The maximum atomic E-state index is 6.10. The minimum absolute atomic E-state index is 0. The number of nitrogens with zero attached hydrogens (tertiary/aromatic N) is 1. The molecule has 1 aliphatic heterocycles. The molecule has 1 aromatic heterocycles. The van der Waals surface area contributed by atoms with E-state index in [1.165, 1.54) is 37.0 Å². The molecule has 146 valence electrons. The largest absolute Gasteiger partial charge is 0.377 e. The van der Waals surface area contributed by atoms with E-state index in [1.807, 2.05) is 18.4 Å². The van der Waals surface area contributed by atoms with E-state index in [1.54, 1.807) is 0 Å². The Balaban J connectivity index is 0.00000196. The lowest BCUT2D eigenvalue weighted by Crippen LogP contribution is -2.69. The first-order chi connectivity index (χ1) is 12.1. The molecule has 3 fully saturated rings. The van der Waals surface area contributed by atoms with E-state index in [0.717, 1.165) is 19.1 Å². The summed E-state index contributed by atoms with van der Waals surface area (Å²) in [5.41, 5.74) is 0.470. The summed E-state index contributed by atoms with van der Waals surface area (Å²) < 4.78 is 6.10. The molecule has 4 nitrogen and oxygen atoms in total. The van der Waals surface area contributed by atoms with Crippen LogP contribution in [0.1, 0.15) is 50.8 Å². The third kappa shape index (κ3) is 3.41. The summed E-state index contributed by atoms with van der Waals surface area (Å²) in [6.07, 6.45) is 7.01. The normalized spacial score (nSPS) is 29.8. The fourth-order valence-corrected chi connectivity index (χ4v) is 6.15. The smallest absolute Gasteiger partial charge is 0.191 e. The standard InChI is InChI=1S/C20H31N3OS.HI/c1-19(2,15-7-6-12-25-15)13-22-18(21-3)23-16-14-8-11-24-17(14)20(16)9-4-5-10-20;/h6-7,12,14,16-17H,4-5,8-11,13H2,1-3H3,(H2,21,22,23);1H. The van der Waals surface area contributed by atoms with Gasteiger partial charge in [-0.15, -0.1) is 35.3 Å². The van der Waals surface area contributed by atoms with Crippen molar-refractivity contribution in [3.63, 3.8) is 0 Å². The SMILES string of the molecule is CN=C(NCC(C)(C)c1cccs1)NC1C2CCOC2C12CCCC2.I. The summed E-state index contributed by atoms with van der Waals surface area (Å²) in [6, 6.07) is 4.88. The van der Waals surface area contributed by atoms with Crippen molar-refractivity contribution in [2.75, 3.05) is 20.2 Å². The van der Waals surface area contributed by atoms with Gasteiger partial charge in [0.05, 0.1) is 6.10 Å². The number of nitrogens with one attached hydrogen (secondary N) is 2. The van der Waals surface area contributed by atoms with Crippen molar-refractivity contribution in [1.29, 1.82) is 0 Å². The summed E-state index contributed by atoms with van der Waals surface area (Å²) in [4.78, 5) is 5.93. The molecule has 2 aliphatic carbocycles. The minimum atomic E-state index is 0. The fourth-order valence-electron chi connectivity index (χ4n) is 5.30. The van der Waals surface area contributed by atoms with Gasteiger partial charge in [-0.3, -0.25) is 4.99 Å². The van der Waals surface area contributed by atoms with Gasteiger partial charge in [0, 0.05) is 47.9 Å². The zero-order chi connectivity index (χ0) is 17.5. The van der Waals surface area contributed by atoms with Crippen LogP contribution in [0.2, 0.25) is 0 Å². The zero-order valence-corrected chi connectivity index (χ0v) is 19.2. The Labute approximate surface area is 178 Å². The predicted molar refractivity (Wildman–Crippen MR) is 120 cm³/mol. The molecular formula is C20H32IN3OS. The quantitative estimate of drug-likeness (QED) is 0.380. The molecule has 2 N–H and O–H groups in total. The van der Waals surface area contributed by atoms with Gasteiger partial charge in [0.1, 0.15) is 0 Å². The molecule has 2 saturated carbocycles. The van der Waals surface area contributed by atoms with Gasteiger partial charge in [-0.25, -0.2) is 0 Å². The number of guanidine groups is 1. The van der Waals surface area contributed by atoms with Crippen molar-refractivity contribution in [2.45, 2.75) is 63.5 Å². The van der Waals surface area contributed by atoms with Gasteiger partial charge in [-0.1, -0.05) is 32.8 Å². The summed E-state index contributed by atoms with van der Waals surface area (Å²) in [7, 11) is 1.89. The van der Waals surface area contributed by atoms with Crippen molar-refractivity contribution < 1.29 is 4.74 Å². The zero-order valence-electron chi connectivity index (χ0n) is 16.1. The van der Waals surface area contributed by atoms with E-state index in [2.05, 4.69) is 47.0 Å². The molecule has 3 unspecified atom stereocenters. The average molecular weight is 489 g/mol. The van der Waals surface area contributed by atoms with Crippen molar-refractivity contribution in [1.82, 2.24) is 10.6 Å². The van der Waals surface area contributed by atoms with Gasteiger partial charge in [0.25, 0.3) is 0 Å². The van der Waals surface area contributed by atoms with E-state index in [9.17, 15) is 0 Å². The van der Waals surface area contributed by atoms with Crippen LogP contribution >= 0.6 is 35.3 Å². The number of fused-ring (bicyclic) bond motifs is 2. The van der Waals surface area contributed by atoms with E-state index in [0.29, 0.717) is 23.5 Å². The first-order valence-electron chi connectivity index (χ1n) is 9.70. The van der Waals surface area contributed by atoms with Gasteiger partial charge in [-0.2, -0.15) is 0 Å². The summed E-state index contributed by atoms with van der Waals surface area (Å²) in [5, 5.41) is 9.53. The third-order valence-electron chi connectivity index (χ3n) is 6.69. The van der Waals surface area contributed by atoms with Gasteiger partial charge in [0.15, 0.2) is 5.96 Å². The molecule has 3 atom stereocenters. The van der Waals surface area contributed by atoms with Crippen molar-refractivity contribution in [2.24, 2.45) is 16.3 Å². The average Bonchev–Trinajstić information content (AvgIpc) is 3.34. The Bertz CT molecular complexity index is 625. The first kappa shape index (κ1) is 20.4. The number of rotatable bonds is 4. The van der Waals surface area contributed by atoms with Gasteiger partial charge < -0.3 is 15.4 Å². The molecule has 0 aromatic carbocycles. The molecule has 2 heterocycles. The maximum absolute atomic E-state index is 6.10. The molecule has 0 bridgehead atoms. The van der Waals surface area contributed by atoms with Gasteiger partial charge in [-0.05, 0) is 30.7 Å². The molecule has 6 heteroatoms. The Morgan fingerprint density at radius 1 is 1.38 bits per heavy atom. The second-order valence-electron chi connectivity index (χ2n) is 8.59. The third-order valence-corrected chi connectivity index (χ3v) is 7.92. The highest BCUT2D eigenvalue weighted by molar-refractivity contribution is 14.0. The van der Waals surface area contributed by atoms with Crippen LogP contribution in [0.15, 0.2) is 22.5 Å². The molecule has 26 heavy (non-hydrogen) atoms. The summed E-state index contributed by atoms with van der Waals surface area (Å²) in [6.45, 7) is 6.41. The van der Waals surface area contributed by atoms with Crippen molar-refractivity contribution >= 4 is 41.3 Å². The molecular weight excluding hydrogens is 457 g/mol. The number of hydrogen-bond donors (Lipinski definition) is 2. The summed E-state index contributed by atoms with van der Waals surface area (Å²) in [5.74, 6) is 1.62. The highest BCUT2D eigenvalue weighted by Gasteiger charge is 2.65. The topological polar surface area (TPSA) is 45.7 Å². The molecule has 1 spiro atoms. The van der Waals surface area contributed by atoms with Crippen LogP contribution in [-0.2, 0) is 10.2 Å². The Morgan fingerprint density at radius 2 is 2.15 bits per heavy atom. The molecule has 0 radical (unpaired) electrons. The van der Waals surface area contributed by atoms with Crippen LogP contribution in [0.3, 0.4) is 0 Å². The van der Waals surface area contributed by atoms with Crippen LogP contribution in [0.25, 0.3) is 0 Å². The Hall–Kier alpha value is -0.340. The number of hydrogen-bond acceptors (Lipinski definition) is 3. The van der Waals surface area contributed by atoms with Gasteiger partial charge >= 0.3 is 0 Å². The highest BCUT2D eigenvalue weighted by atomic mass is 127. The first-order valence-corrected chi connectivity index (χ1v) is 10.6. The molecule has 1 aromatic rings. The van der Waals surface area contributed by atoms with E-state index >= 15 is 0 Å². The minimum Gasteiger partial charge on any atom is -0.377 e. The lowest BCUT2D eigenvalue weighted by atomic mass is 9.54.